The number of carbonyl (C=O) groups excluding carboxylic acids is 1. The largest absolute Gasteiger partial charge is 0.490 e. The number of hydrogen-bond acceptors (Lipinski definition) is 6. The van der Waals surface area contributed by atoms with Gasteiger partial charge in [0.1, 0.15) is 17.5 Å². The highest BCUT2D eigenvalue weighted by atomic mass is 19.4. The smallest absolute Gasteiger partial charge is 0.490 e. The fourth-order valence-electron chi connectivity index (χ4n) is 3.02. The van der Waals surface area contributed by atoms with Crippen molar-refractivity contribution in [2.45, 2.75) is 51.1 Å². The molecule has 188 valence electrons. The summed E-state index contributed by atoms with van der Waals surface area (Å²) >= 11 is 0. The van der Waals surface area contributed by atoms with E-state index in [4.69, 9.17) is 20.4 Å². The van der Waals surface area contributed by atoms with Crippen LogP contribution in [0.3, 0.4) is 0 Å². The highest BCUT2D eigenvalue weighted by Gasteiger charge is 2.38. The number of carboxylic acids is 1. The van der Waals surface area contributed by atoms with Crippen molar-refractivity contribution < 1.29 is 32.6 Å². The van der Waals surface area contributed by atoms with Crippen LogP contribution in [0.2, 0.25) is 0 Å². The molecule has 9 nitrogen and oxygen atoms in total. The van der Waals surface area contributed by atoms with Gasteiger partial charge in [-0.15, -0.1) is 0 Å². The first-order valence-electron chi connectivity index (χ1n) is 10.6. The van der Waals surface area contributed by atoms with Gasteiger partial charge in [-0.05, 0) is 57.5 Å². The van der Waals surface area contributed by atoms with Crippen LogP contribution in [0.5, 0.6) is 5.75 Å². The second-order valence-corrected chi connectivity index (χ2v) is 8.64. The van der Waals surface area contributed by atoms with Gasteiger partial charge in [-0.2, -0.15) is 18.3 Å². The van der Waals surface area contributed by atoms with Crippen LogP contribution in [0.4, 0.5) is 13.2 Å². The predicted octanol–water partition coefficient (Wildman–Crippen LogP) is 2.64. The molecule has 0 radical (unpaired) electrons. The maximum absolute atomic E-state index is 12.3. The van der Waals surface area contributed by atoms with E-state index in [1.807, 2.05) is 38.1 Å². The van der Waals surface area contributed by atoms with E-state index in [1.165, 1.54) is 0 Å². The Hall–Kier alpha value is -3.12. The number of halogens is 3. The Kier molecular flexibility index (Phi) is 9.05. The lowest BCUT2D eigenvalue weighted by Crippen LogP contribution is -2.35. The number of benzene rings is 1. The third-order valence-corrected chi connectivity index (χ3v) is 5.09. The molecule has 1 aromatic heterocycles. The highest BCUT2D eigenvalue weighted by Crippen LogP contribution is 2.19. The van der Waals surface area contributed by atoms with Crippen LogP contribution >= 0.6 is 0 Å². The second kappa shape index (κ2) is 11.3. The molecule has 0 saturated carbocycles. The minimum absolute atomic E-state index is 0.228. The monoisotopic (exact) mass is 485 g/mol. The van der Waals surface area contributed by atoms with Gasteiger partial charge in [0.25, 0.3) is 5.91 Å². The van der Waals surface area contributed by atoms with Crippen molar-refractivity contribution in [3.05, 3.63) is 47.3 Å². The summed E-state index contributed by atoms with van der Waals surface area (Å²) in [5.41, 5.74) is 7.52. The van der Waals surface area contributed by atoms with Crippen molar-refractivity contribution in [2.24, 2.45) is 5.73 Å². The van der Waals surface area contributed by atoms with Crippen molar-refractivity contribution in [1.29, 1.82) is 0 Å². The van der Waals surface area contributed by atoms with Gasteiger partial charge in [0, 0.05) is 19.6 Å². The molecule has 0 unspecified atom stereocenters. The maximum Gasteiger partial charge on any atom is 0.490 e. The fourth-order valence-corrected chi connectivity index (χ4v) is 3.02. The standard InChI is InChI=1S/C20H29N5O2.C2HF3O2/c1-20(2,21)18-12-17(23-24-18)19(26)22-13-14-4-6-15(7-5-14)27-16-8-10-25(3)11-9-16;3-2(4,5)1(6)7/h4-7,12,16H,8-11,13,21H2,1-3H3,(H,22,26)(H,23,24);(H,6,7). The predicted molar refractivity (Wildman–Crippen MR) is 118 cm³/mol. The topological polar surface area (TPSA) is 134 Å². The lowest BCUT2D eigenvalue weighted by atomic mass is 10.0. The molecule has 1 fully saturated rings. The van der Waals surface area contributed by atoms with Gasteiger partial charge >= 0.3 is 12.1 Å². The number of aromatic nitrogens is 2. The molecule has 1 aliphatic rings. The number of piperidine rings is 1. The number of alkyl halides is 3. The van der Waals surface area contributed by atoms with E-state index in [0.29, 0.717) is 12.2 Å². The molecule has 3 rings (SSSR count). The van der Waals surface area contributed by atoms with Crippen molar-refractivity contribution in [2.75, 3.05) is 20.1 Å². The summed E-state index contributed by atoms with van der Waals surface area (Å²) in [4.78, 5) is 23.5. The van der Waals surface area contributed by atoms with Crippen LogP contribution in [0.25, 0.3) is 0 Å². The molecule has 12 heteroatoms. The number of nitrogens with zero attached hydrogens (tertiary/aromatic N) is 2. The third kappa shape index (κ3) is 8.67. The van der Waals surface area contributed by atoms with Crippen molar-refractivity contribution in [3.8, 4) is 5.75 Å². The van der Waals surface area contributed by atoms with E-state index in [0.717, 1.165) is 42.9 Å². The minimum atomic E-state index is -5.08. The van der Waals surface area contributed by atoms with E-state index < -0.39 is 17.7 Å². The van der Waals surface area contributed by atoms with Gasteiger partial charge in [0.2, 0.25) is 0 Å². The SMILES string of the molecule is CN1CCC(Oc2ccc(CNC(=O)c3cc(C(C)(C)N)[nH]n3)cc2)CC1.O=C(O)C(F)(F)F. The number of nitrogens with two attached hydrogens (primary N) is 1. The molecular formula is C22H30F3N5O4. The Balaban J connectivity index is 0.000000509. The quantitative estimate of drug-likeness (QED) is 0.494. The zero-order valence-electron chi connectivity index (χ0n) is 19.3. The number of nitrogens with one attached hydrogen (secondary N) is 2. The summed E-state index contributed by atoms with van der Waals surface area (Å²) in [5, 5.41) is 16.9. The first-order valence-corrected chi connectivity index (χ1v) is 10.6. The number of H-pyrrole nitrogens is 1. The van der Waals surface area contributed by atoms with Crippen LogP contribution < -0.4 is 15.8 Å². The molecule has 5 N–H and O–H groups in total. The van der Waals surface area contributed by atoms with E-state index >= 15 is 0 Å². The van der Waals surface area contributed by atoms with Crippen LogP contribution in [-0.4, -0.2) is 64.5 Å². The molecule has 2 aromatic rings. The molecule has 0 bridgehead atoms. The first kappa shape index (κ1) is 27.1. The number of amides is 1. The summed E-state index contributed by atoms with van der Waals surface area (Å²) in [6.45, 7) is 6.30. The normalized spacial score (nSPS) is 15.3. The van der Waals surface area contributed by atoms with E-state index in [2.05, 4.69) is 27.5 Å². The number of likely N-dealkylation sites (tertiary alicyclic amines) is 1. The van der Waals surface area contributed by atoms with Crippen molar-refractivity contribution in [3.63, 3.8) is 0 Å². The molecule has 1 amide bonds. The molecule has 0 aliphatic carbocycles. The van der Waals surface area contributed by atoms with Gasteiger partial charge in [0.05, 0.1) is 11.2 Å². The van der Waals surface area contributed by atoms with E-state index in [9.17, 15) is 18.0 Å². The van der Waals surface area contributed by atoms with E-state index in [1.54, 1.807) is 6.07 Å². The number of rotatable bonds is 6. The second-order valence-electron chi connectivity index (χ2n) is 8.64. The summed E-state index contributed by atoms with van der Waals surface area (Å²) in [6, 6.07) is 9.56. The van der Waals surface area contributed by atoms with Gasteiger partial charge in [-0.3, -0.25) is 9.89 Å². The third-order valence-electron chi connectivity index (χ3n) is 5.09. The Morgan fingerprint density at radius 3 is 2.26 bits per heavy atom. The van der Waals surface area contributed by atoms with Crippen LogP contribution in [0.15, 0.2) is 30.3 Å². The number of hydrogen-bond donors (Lipinski definition) is 4. The van der Waals surface area contributed by atoms with Gasteiger partial charge in [0.15, 0.2) is 0 Å². The molecular weight excluding hydrogens is 455 g/mol. The number of ether oxygens (including phenoxy) is 1. The molecule has 0 atom stereocenters. The van der Waals surface area contributed by atoms with Crippen molar-refractivity contribution in [1.82, 2.24) is 20.4 Å². The lowest BCUT2D eigenvalue weighted by Gasteiger charge is -2.29. The van der Waals surface area contributed by atoms with Crippen LogP contribution in [-0.2, 0) is 16.9 Å². The lowest BCUT2D eigenvalue weighted by molar-refractivity contribution is -0.192. The Bertz CT molecular complexity index is 947. The summed E-state index contributed by atoms with van der Waals surface area (Å²) in [5.74, 6) is -2.11. The molecule has 0 spiro atoms. The Morgan fingerprint density at radius 1 is 1.24 bits per heavy atom. The number of aliphatic carboxylic acids is 1. The van der Waals surface area contributed by atoms with Crippen LogP contribution in [0, 0.1) is 0 Å². The van der Waals surface area contributed by atoms with E-state index in [-0.39, 0.29) is 12.0 Å². The average Bonchev–Trinajstić information content (AvgIpc) is 3.25. The Morgan fingerprint density at radius 2 is 1.79 bits per heavy atom. The van der Waals surface area contributed by atoms with Gasteiger partial charge < -0.3 is 25.8 Å². The summed E-state index contributed by atoms with van der Waals surface area (Å²) in [7, 11) is 2.14. The first-order chi connectivity index (χ1) is 15.8. The van der Waals surface area contributed by atoms with Gasteiger partial charge in [-0.1, -0.05) is 12.1 Å². The summed E-state index contributed by atoms with van der Waals surface area (Å²) in [6.07, 6.45) is -2.69. The van der Waals surface area contributed by atoms with Gasteiger partial charge in [-0.25, -0.2) is 4.79 Å². The molecule has 2 heterocycles. The highest BCUT2D eigenvalue weighted by molar-refractivity contribution is 5.92. The zero-order valence-corrected chi connectivity index (χ0v) is 19.3. The Labute approximate surface area is 195 Å². The average molecular weight is 486 g/mol. The maximum atomic E-state index is 12.3. The number of carbonyl (C=O) groups is 2. The molecule has 34 heavy (non-hydrogen) atoms. The fraction of sp³-hybridized carbons (Fsp3) is 0.500. The molecule has 1 aromatic carbocycles. The summed E-state index contributed by atoms with van der Waals surface area (Å²) < 4.78 is 37.8. The zero-order chi connectivity index (χ0) is 25.5. The number of carboxylic acid groups (broad SMARTS) is 1. The number of aromatic amines is 1. The van der Waals surface area contributed by atoms with Crippen LogP contribution in [0.1, 0.15) is 48.4 Å². The minimum Gasteiger partial charge on any atom is -0.490 e. The molecule has 1 saturated heterocycles. The molecule has 1 aliphatic heterocycles. The van der Waals surface area contributed by atoms with Crippen molar-refractivity contribution >= 4 is 11.9 Å².